The minimum atomic E-state index is -4.34. The molecule has 2 bridgehead atoms. The Morgan fingerprint density at radius 2 is 1.55 bits per heavy atom. The van der Waals surface area contributed by atoms with Crippen LogP contribution in [0.4, 0.5) is 5.69 Å². The molecule has 8 nitrogen and oxygen atoms in total. The first-order chi connectivity index (χ1) is 14.4. The second-order valence-corrected chi connectivity index (χ2v) is 14.7. The van der Waals surface area contributed by atoms with Crippen molar-refractivity contribution in [3.63, 3.8) is 0 Å². The lowest BCUT2D eigenvalue weighted by Gasteiger charge is -2.52. The maximum absolute atomic E-state index is 13.1. The summed E-state index contributed by atoms with van der Waals surface area (Å²) in [5.41, 5.74) is -0.139. The van der Waals surface area contributed by atoms with Gasteiger partial charge in [-0.05, 0) is 49.7 Å². The van der Waals surface area contributed by atoms with Gasteiger partial charge in [-0.3, -0.25) is 4.79 Å². The smallest absolute Gasteiger partial charge is 0.240 e. The molecule has 1 heterocycles. The second-order valence-electron chi connectivity index (χ2n) is 8.27. The number of halogens is 1. The predicted molar refractivity (Wildman–Crippen MR) is 124 cm³/mol. The van der Waals surface area contributed by atoms with Crippen molar-refractivity contribution < 1.29 is 21.6 Å². The zero-order valence-electron chi connectivity index (χ0n) is 16.5. The summed E-state index contributed by atoms with van der Waals surface area (Å²) in [6.45, 7) is 0. The highest BCUT2D eigenvalue weighted by Crippen LogP contribution is 2.64. The minimum Gasteiger partial charge on any atom is -0.325 e. The molecule has 172 valence electrons. The first-order valence-corrected chi connectivity index (χ1v) is 15.3. The Morgan fingerprint density at radius 3 is 2.06 bits per heavy atom. The number of anilines is 1. The quantitative estimate of drug-likeness (QED) is 0.546. The zero-order chi connectivity index (χ0) is 22.6. The van der Waals surface area contributed by atoms with Crippen molar-refractivity contribution in [1.82, 2.24) is 0 Å². The van der Waals surface area contributed by atoms with Crippen LogP contribution in [0.5, 0.6) is 0 Å². The monoisotopic (exact) mass is 525 g/mol. The molecule has 1 spiro atoms. The molecule has 4 rings (SSSR count). The molecule has 2 atom stereocenters. The topological polar surface area (TPSA) is 149 Å². The first kappa shape index (κ1) is 23.7. The molecule has 3 aliphatic rings. The van der Waals surface area contributed by atoms with Crippen molar-refractivity contribution in [3.05, 3.63) is 17.2 Å². The Bertz CT molecular complexity index is 1100. The van der Waals surface area contributed by atoms with Gasteiger partial charge in [0.2, 0.25) is 26.0 Å². The van der Waals surface area contributed by atoms with Gasteiger partial charge in [0.15, 0.2) is 0 Å². The molecule has 0 aromatic heterocycles. The van der Waals surface area contributed by atoms with Crippen LogP contribution in [0.3, 0.4) is 0 Å². The van der Waals surface area contributed by atoms with Crippen molar-refractivity contribution >= 4 is 66.8 Å². The van der Waals surface area contributed by atoms with Gasteiger partial charge >= 0.3 is 0 Å². The van der Waals surface area contributed by atoms with Crippen LogP contribution < -0.4 is 15.6 Å². The second kappa shape index (κ2) is 8.37. The standard InChI is InChI=1S/C18H24ClN3O5S4/c19-13-8-14(16(31(21,26)27)9-15(13)30(20,24)25)22-17(23)10-6-11-2-1-3-12(7-10)18(11)28-4-5-29-18/h8-12H,1-7H2,(H,22,23)(H2,20,24,25)(H2,21,26,27). The number of nitrogens with two attached hydrogens (primary N) is 2. The van der Waals surface area contributed by atoms with Gasteiger partial charge in [-0.25, -0.2) is 27.1 Å². The van der Waals surface area contributed by atoms with Crippen molar-refractivity contribution in [1.29, 1.82) is 0 Å². The van der Waals surface area contributed by atoms with Crippen LogP contribution in [0.1, 0.15) is 32.1 Å². The molecule has 1 aromatic carbocycles. The molecule has 5 N–H and O–H groups in total. The summed E-state index contributed by atoms with van der Waals surface area (Å²) in [6.07, 6.45) is 4.86. The zero-order valence-corrected chi connectivity index (χ0v) is 20.6. The molecule has 31 heavy (non-hydrogen) atoms. The largest absolute Gasteiger partial charge is 0.325 e. The van der Waals surface area contributed by atoms with Crippen molar-refractivity contribution in [2.75, 3.05) is 16.8 Å². The first-order valence-electron chi connectivity index (χ1n) is 9.90. The van der Waals surface area contributed by atoms with E-state index < -0.39 is 29.8 Å². The van der Waals surface area contributed by atoms with Crippen LogP contribution >= 0.6 is 35.1 Å². The lowest BCUT2D eigenvalue weighted by atomic mass is 9.67. The minimum absolute atomic E-state index is 0.139. The molecule has 2 saturated carbocycles. The molecule has 1 aliphatic heterocycles. The summed E-state index contributed by atoms with van der Waals surface area (Å²) in [5.74, 6) is 2.61. The lowest BCUT2D eigenvalue weighted by Crippen LogP contribution is -2.48. The summed E-state index contributed by atoms with van der Waals surface area (Å²) in [4.78, 5) is 12.0. The van der Waals surface area contributed by atoms with E-state index in [0.717, 1.165) is 49.3 Å². The molecule has 1 aromatic rings. The van der Waals surface area contributed by atoms with E-state index in [1.807, 2.05) is 23.5 Å². The summed E-state index contributed by atoms with van der Waals surface area (Å²) < 4.78 is 47.8. The van der Waals surface area contributed by atoms with E-state index in [9.17, 15) is 21.6 Å². The Balaban J connectivity index is 1.61. The highest BCUT2D eigenvalue weighted by atomic mass is 35.5. The Hall–Kier alpha value is -0.500. The fraction of sp³-hybridized carbons (Fsp3) is 0.611. The lowest BCUT2D eigenvalue weighted by molar-refractivity contribution is -0.122. The average Bonchev–Trinajstić information content (AvgIpc) is 3.08. The Kier molecular flexibility index (Phi) is 6.39. The highest BCUT2D eigenvalue weighted by molar-refractivity contribution is 8.21. The van der Waals surface area contributed by atoms with E-state index >= 15 is 0 Å². The van der Waals surface area contributed by atoms with Gasteiger partial charge in [0, 0.05) is 17.4 Å². The third-order valence-electron chi connectivity index (χ3n) is 6.40. The van der Waals surface area contributed by atoms with E-state index in [0.29, 0.717) is 11.8 Å². The summed E-state index contributed by atoms with van der Waals surface area (Å²) >= 11 is 10.1. The average molecular weight is 526 g/mol. The van der Waals surface area contributed by atoms with E-state index in [4.69, 9.17) is 21.9 Å². The molecule has 2 aliphatic carbocycles. The maximum Gasteiger partial charge on any atom is 0.240 e. The third-order valence-corrected chi connectivity index (χ3v) is 12.7. The molecular weight excluding hydrogens is 502 g/mol. The number of carbonyl (C=O) groups excluding carboxylic acids is 1. The van der Waals surface area contributed by atoms with E-state index in [1.165, 1.54) is 6.42 Å². The predicted octanol–water partition coefficient (Wildman–Crippen LogP) is 2.58. The normalized spacial score (nSPS) is 27.9. The number of nitrogens with one attached hydrogen (secondary N) is 1. The van der Waals surface area contributed by atoms with Crippen LogP contribution in [0.2, 0.25) is 5.02 Å². The molecular formula is C18H24ClN3O5S4. The number of carbonyl (C=O) groups is 1. The third kappa shape index (κ3) is 4.49. The Labute approximate surface area is 195 Å². The molecule has 2 unspecified atom stereocenters. The van der Waals surface area contributed by atoms with Gasteiger partial charge in [-0.2, -0.15) is 0 Å². The SMILES string of the molecule is NS(=O)(=O)c1cc(S(N)(=O)=O)c(NC(=O)C2CC3CCCC(C2)C32SCCS2)cc1Cl. The number of hydrogen-bond donors (Lipinski definition) is 3. The van der Waals surface area contributed by atoms with Crippen molar-refractivity contribution in [3.8, 4) is 0 Å². The highest BCUT2D eigenvalue weighted by Gasteiger charge is 2.55. The van der Waals surface area contributed by atoms with E-state index in [1.54, 1.807) is 0 Å². The number of rotatable bonds is 4. The van der Waals surface area contributed by atoms with Gasteiger partial charge in [0.1, 0.15) is 9.79 Å². The van der Waals surface area contributed by atoms with Crippen molar-refractivity contribution in [2.45, 2.75) is 46.0 Å². The van der Waals surface area contributed by atoms with Crippen molar-refractivity contribution in [2.24, 2.45) is 28.0 Å². The van der Waals surface area contributed by atoms with Gasteiger partial charge in [0.25, 0.3) is 0 Å². The number of primary sulfonamides is 2. The summed E-state index contributed by atoms with van der Waals surface area (Å²) in [6, 6.07) is 1.87. The van der Waals surface area contributed by atoms with Crippen LogP contribution in [0, 0.1) is 17.8 Å². The summed E-state index contributed by atoms with van der Waals surface area (Å²) in [5, 5.41) is 12.7. The van der Waals surface area contributed by atoms with E-state index in [-0.39, 0.29) is 26.6 Å². The van der Waals surface area contributed by atoms with Crippen LogP contribution in [-0.2, 0) is 24.8 Å². The number of sulfonamides is 2. The number of thioether (sulfide) groups is 2. The molecule has 3 fully saturated rings. The van der Waals surface area contributed by atoms with Gasteiger partial charge in [-0.15, -0.1) is 23.5 Å². The Morgan fingerprint density at radius 1 is 1.00 bits per heavy atom. The fourth-order valence-electron chi connectivity index (χ4n) is 5.14. The van der Waals surface area contributed by atoms with Gasteiger partial charge in [-0.1, -0.05) is 18.0 Å². The van der Waals surface area contributed by atoms with E-state index in [2.05, 4.69) is 5.32 Å². The van der Waals surface area contributed by atoms with Crippen LogP contribution in [0.15, 0.2) is 21.9 Å². The van der Waals surface area contributed by atoms with Crippen LogP contribution in [0.25, 0.3) is 0 Å². The molecule has 1 amide bonds. The van der Waals surface area contributed by atoms with Gasteiger partial charge in [0.05, 0.1) is 14.8 Å². The molecule has 0 radical (unpaired) electrons. The molecule has 1 saturated heterocycles. The summed E-state index contributed by atoms with van der Waals surface area (Å²) in [7, 11) is -8.62. The number of amides is 1. The molecule has 13 heteroatoms. The number of hydrogen-bond acceptors (Lipinski definition) is 7. The number of benzene rings is 1. The maximum atomic E-state index is 13.1. The van der Waals surface area contributed by atoms with Gasteiger partial charge < -0.3 is 5.32 Å². The fourth-order valence-corrected chi connectivity index (χ4v) is 11.0. The van der Waals surface area contributed by atoms with Crippen LogP contribution in [-0.4, -0.2) is 38.3 Å².